The molecule has 1 fully saturated rings. The van der Waals surface area contributed by atoms with E-state index in [0.29, 0.717) is 0 Å². The number of rotatable bonds is 6. The first kappa shape index (κ1) is 23.6. The van der Waals surface area contributed by atoms with Crippen LogP contribution < -0.4 is 15.8 Å². The molecule has 0 spiro atoms. The third kappa shape index (κ3) is 4.43. The smallest absolute Gasteiger partial charge is 0.388 e. The van der Waals surface area contributed by atoms with Gasteiger partial charge in [0.15, 0.2) is 0 Å². The van der Waals surface area contributed by atoms with Crippen LogP contribution >= 0.6 is 0 Å². The minimum Gasteiger partial charge on any atom is -0.461 e. The number of hydrogen-bond donors (Lipinski definition) is 2. The predicted octanol–water partition coefficient (Wildman–Crippen LogP) is 3.39. The Morgan fingerprint density at radius 1 is 1.26 bits per heavy atom. The fourth-order valence-corrected chi connectivity index (χ4v) is 4.21. The first-order valence-electron chi connectivity index (χ1n) is 9.87. The van der Waals surface area contributed by atoms with Crippen molar-refractivity contribution in [2.24, 2.45) is 16.6 Å². The second-order valence-electron chi connectivity index (χ2n) is 7.80. The number of nitrogens with one attached hydrogen (secondary N) is 1. The molecule has 1 aliphatic heterocycles. The van der Waals surface area contributed by atoms with Crippen molar-refractivity contribution in [1.29, 1.82) is 0 Å². The Labute approximate surface area is 188 Å². The van der Waals surface area contributed by atoms with E-state index in [0.717, 1.165) is 30.6 Å². The fraction of sp³-hybridized carbons (Fsp3) is 0.400. The molecule has 34 heavy (non-hydrogen) atoms. The Balaban J connectivity index is 1.64. The summed E-state index contributed by atoms with van der Waals surface area (Å²) in [6, 6.07) is 2.57. The lowest BCUT2D eigenvalue weighted by Gasteiger charge is -2.40. The number of amidine groups is 1. The monoisotopic (exact) mass is 489 g/mol. The summed E-state index contributed by atoms with van der Waals surface area (Å²) in [4.78, 5) is 23.5. The average Bonchev–Trinajstić information content (AvgIpc) is 3.08. The SMILES string of the molecule is NC1=NC(CF)(c2cc(NC(=O)c3cnc(OC(F)F)cn3)ccc2F)C2CC(F)(F)CC2O1. The van der Waals surface area contributed by atoms with Gasteiger partial charge in [-0.25, -0.2) is 32.5 Å². The van der Waals surface area contributed by atoms with Crippen LogP contribution in [0.4, 0.5) is 32.0 Å². The predicted molar refractivity (Wildman–Crippen MR) is 105 cm³/mol. The second-order valence-corrected chi connectivity index (χ2v) is 7.80. The molecule has 1 saturated carbocycles. The van der Waals surface area contributed by atoms with Crippen molar-refractivity contribution in [2.45, 2.75) is 37.0 Å². The van der Waals surface area contributed by atoms with E-state index >= 15 is 0 Å². The van der Waals surface area contributed by atoms with Gasteiger partial charge in [0.1, 0.15) is 29.8 Å². The molecule has 2 aromatic rings. The van der Waals surface area contributed by atoms with Gasteiger partial charge in [0.2, 0.25) is 5.88 Å². The Bertz CT molecular complexity index is 1120. The number of halogens is 6. The van der Waals surface area contributed by atoms with Crippen molar-refractivity contribution < 1.29 is 40.6 Å². The van der Waals surface area contributed by atoms with Crippen LogP contribution in [0.1, 0.15) is 28.9 Å². The molecule has 2 aliphatic rings. The Kier molecular flexibility index (Phi) is 6.00. The van der Waals surface area contributed by atoms with Gasteiger partial charge in [0.05, 0.1) is 12.4 Å². The molecule has 2 heterocycles. The van der Waals surface area contributed by atoms with Crippen LogP contribution in [0.15, 0.2) is 35.6 Å². The standard InChI is InChI=1S/C20H17F6N5O3/c21-8-20(11-4-19(25,26)5-14(11)33-18(27)31-20)10-3-9(1-2-12(10)22)30-16(32)13-6-29-15(7-28-13)34-17(23)24/h1-3,6-7,11,14,17H,4-5,8H2,(H2,27,31)(H,30,32). The molecule has 1 aromatic carbocycles. The topological polar surface area (TPSA) is 112 Å². The van der Waals surface area contributed by atoms with E-state index in [9.17, 15) is 31.1 Å². The van der Waals surface area contributed by atoms with Crippen molar-refractivity contribution >= 4 is 17.6 Å². The summed E-state index contributed by atoms with van der Waals surface area (Å²) in [7, 11) is 0. The first-order chi connectivity index (χ1) is 16.0. The lowest BCUT2D eigenvalue weighted by molar-refractivity contribution is -0.0531. The van der Waals surface area contributed by atoms with Gasteiger partial charge in [-0.05, 0) is 18.2 Å². The number of alkyl halides is 5. The van der Waals surface area contributed by atoms with E-state index in [-0.39, 0.29) is 11.4 Å². The molecular formula is C20H17F6N5O3. The quantitative estimate of drug-likeness (QED) is 0.602. The largest absolute Gasteiger partial charge is 0.461 e. The summed E-state index contributed by atoms with van der Waals surface area (Å²) in [5, 5.41) is 2.37. The zero-order valence-corrected chi connectivity index (χ0v) is 17.2. The number of nitrogens with zero attached hydrogens (tertiary/aromatic N) is 3. The number of hydrogen-bond acceptors (Lipinski definition) is 7. The van der Waals surface area contributed by atoms with Gasteiger partial charge in [0.25, 0.3) is 17.9 Å². The molecule has 8 nitrogen and oxygen atoms in total. The van der Waals surface area contributed by atoms with Gasteiger partial charge in [-0.2, -0.15) is 8.78 Å². The number of benzene rings is 1. The molecule has 0 saturated heterocycles. The molecule has 1 amide bonds. The number of fused-ring (bicyclic) bond motifs is 1. The van der Waals surface area contributed by atoms with Gasteiger partial charge >= 0.3 is 6.61 Å². The van der Waals surface area contributed by atoms with Gasteiger partial charge in [-0.15, -0.1) is 0 Å². The Morgan fingerprint density at radius 3 is 2.68 bits per heavy atom. The number of carbonyl (C=O) groups is 1. The first-order valence-corrected chi connectivity index (χ1v) is 9.87. The van der Waals surface area contributed by atoms with Crippen LogP contribution in [0, 0.1) is 11.7 Å². The minimum atomic E-state index is -3.18. The van der Waals surface area contributed by atoms with E-state index in [1.165, 1.54) is 0 Å². The highest BCUT2D eigenvalue weighted by Crippen LogP contribution is 2.53. The maximum atomic E-state index is 14.9. The minimum absolute atomic E-state index is 0.0366. The Morgan fingerprint density at radius 2 is 2.03 bits per heavy atom. The van der Waals surface area contributed by atoms with Gasteiger partial charge in [-0.3, -0.25) is 4.79 Å². The van der Waals surface area contributed by atoms with Crippen molar-refractivity contribution in [2.75, 3.05) is 12.0 Å². The molecule has 1 aliphatic carbocycles. The molecule has 3 unspecified atom stereocenters. The number of anilines is 1. The number of amides is 1. The van der Waals surface area contributed by atoms with E-state index in [4.69, 9.17) is 10.5 Å². The zero-order valence-electron chi connectivity index (χ0n) is 17.2. The summed E-state index contributed by atoms with van der Waals surface area (Å²) in [5.74, 6) is -6.72. The molecule has 3 N–H and O–H groups in total. The van der Waals surface area contributed by atoms with E-state index in [2.05, 4.69) is 25.0 Å². The van der Waals surface area contributed by atoms with Gasteiger partial charge in [0, 0.05) is 30.0 Å². The number of carbonyl (C=O) groups excluding carboxylic acids is 1. The summed E-state index contributed by atoms with van der Waals surface area (Å²) < 4.78 is 91.1. The van der Waals surface area contributed by atoms with Crippen molar-refractivity contribution in [3.63, 3.8) is 0 Å². The molecule has 4 rings (SSSR count). The van der Waals surface area contributed by atoms with E-state index in [1.54, 1.807) is 0 Å². The van der Waals surface area contributed by atoms with Crippen LogP contribution in [-0.2, 0) is 10.3 Å². The highest BCUT2D eigenvalue weighted by molar-refractivity contribution is 6.02. The number of nitrogens with two attached hydrogens (primary N) is 1. The molecule has 3 atom stereocenters. The normalized spacial score (nSPS) is 25.3. The maximum absolute atomic E-state index is 14.9. The summed E-state index contributed by atoms with van der Waals surface area (Å²) >= 11 is 0. The highest BCUT2D eigenvalue weighted by atomic mass is 19.3. The van der Waals surface area contributed by atoms with Crippen molar-refractivity contribution in [3.8, 4) is 5.88 Å². The van der Waals surface area contributed by atoms with Crippen molar-refractivity contribution in [3.05, 3.63) is 47.7 Å². The summed E-state index contributed by atoms with van der Waals surface area (Å²) in [5.41, 5.74) is 2.79. The molecule has 1 aromatic heterocycles. The number of ether oxygens (including phenoxy) is 2. The Hall–Kier alpha value is -3.58. The maximum Gasteiger partial charge on any atom is 0.388 e. The van der Waals surface area contributed by atoms with Crippen LogP contribution in [0.2, 0.25) is 0 Å². The lowest BCUT2D eigenvalue weighted by atomic mass is 9.76. The molecule has 0 bridgehead atoms. The molecule has 14 heteroatoms. The zero-order chi connectivity index (χ0) is 24.7. The molecule has 182 valence electrons. The molecular weight excluding hydrogens is 472 g/mol. The number of aromatic nitrogens is 2. The van der Waals surface area contributed by atoms with Crippen LogP contribution in [0.3, 0.4) is 0 Å². The van der Waals surface area contributed by atoms with Crippen LogP contribution in [-0.4, -0.2) is 47.2 Å². The van der Waals surface area contributed by atoms with Crippen LogP contribution in [0.5, 0.6) is 5.88 Å². The summed E-state index contributed by atoms with van der Waals surface area (Å²) in [6.45, 7) is -4.48. The van der Waals surface area contributed by atoms with Gasteiger partial charge < -0.3 is 20.5 Å². The second kappa shape index (κ2) is 8.65. The average molecular weight is 489 g/mol. The van der Waals surface area contributed by atoms with E-state index < -0.39 is 78.8 Å². The third-order valence-corrected chi connectivity index (χ3v) is 5.63. The van der Waals surface area contributed by atoms with Gasteiger partial charge in [-0.1, -0.05) is 0 Å². The summed E-state index contributed by atoms with van der Waals surface area (Å²) in [6.07, 6.45) is -1.02. The highest BCUT2D eigenvalue weighted by Gasteiger charge is 2.60. The third-order valence-electron chi connectivity index (χ3n) is 5.63. The number of aliphatic imine (C=N–C) groups is 1. The lowest BCUT2D eigenvalue weighted by Crippen LogP contribution is -2.48. The van der Waals surface area contributed by atoms with Crippen molar-refractivity contribution in [1.82, 2.24) is 9.97 Å². The van der Waals surface area contributed by atoms with Crippen LogP contribution in [0.25, 0.3) is 0 Å². The molecule has 0 radical (unpaired) electrons. The van der Waals surface area contributed by atoms with E-state index in [1.807, 2.05) is 0 Å². The fourth-order valence-electron chi connectivity index (χ4n) is 4.21.